The Morgan fingerprint density at radius 3 is 3.00 bits per heavy atom. The first-order valence-corrected chi connectivity index (χ1v) is 5.27. The summed E-state index contributed by atoms with van der Waals surface area (Å²) in [7, 11) is 2.05. The highest BCUT2D eigenvalue weighted by atomic mass is 35.5. The average Bonchev–Trinajstić information content (AvgIpc) is 2.18. The fourth-order valence-corrected chi connectivity index (χ4v) is 2.17. The number of hydrogen-bond acceptors (Lipinski definition) is 2. The smallest absolute Gasteiger partial charge is 0.144 e. The number of nitrogens with zero attached hydrogens (tertiary/aromatic N) is 1. The number of likely N-dealkylation sites (N-methyl/N-ethyl adjacent to an activating group) is 1. The maximum absolute atomic E-state index is 6.30. The summed E-state index contributed by atoms with van der Waals surface area (Å²) < 4.78 is 5.55. The number of benzene rings is 1. The second kappa shape index (κ2) is 3.70. The first kappa shape index (κ1) is 9.66. The molecular weight excluding hydrogens is 198 g/mol. The van der Waals surface area contributed by atoms with Crippen LogP contribution in [0.3, 0.4) is 0 Å². The topological polar surface area (TPSA) is 12.5 Å². The van der Waals surface area contributed by atoms with Crippen molar-refractivity contribution in [2.24, 2.45) is 0 Å². The fourth-order valence-electron chi connectivity index (χ4n) is 1.74. The number of aryl methyl sites for hydroxylation is 1. The molecule has 0 unspecified atom stereocenters. The molecule has 0 atom stereocenters. The maximum Gasteiger partial charge on any atom is 0.144 e. The second-order valence-electron chi connectivity index (χ2n) is 3.51. The van der Waals surface area contributed by atoms with Gasteiger partial charge < -0.3 is 9.64 Å². The third-order valence-corrected chi connectivity index (χ3v) is 3.03. The summed E-state index contributed by atoms with van der Waals surface area (Å²) in [5.74, 6) is 0.904. The molecule has 2 rings (SSSR count). The third-order valence-electron chi connectivity index (χ3n) is 2.61. The van der Waals surface area contributed by atoms with Crippen LogP contribution < -0.4 is 9.64 Å². The lowest BCUT2D eigenvalue weighted by Crippen LogP contribution is -2.29. The van der Waals surface area contributed by atoms with E-state index in [0.29, 0.717) is 0 Å². The standard InChI is InChI=1S/C11H14ClNO/c1-3-8-4-5-9-11(10(8)12)13(2)6-7-14-9/h4-5H,3,6-7H2,1-2H3. The predicted molar refractivity (Wildman–Crippen MR) is 59.6 cm³/mol. The van der Waals surface area contributed by atoms with Crippen LogP contribution in [0.4, 0.5) is 5.69 Å². The van der Waals surface area contributed by atoms with E-state index in [-0.39, 0.29) is 0 Å². The molecule has 0 saturated carbocycles. The maximum atomic E-state index is 6.30. The van der Waals surface area contributed by atoms with Crippen molar-refractivity contribution in [2.45, 2.75) is 13.3 Å². The zero-order valence-corrected chi connectivity index (χ0v) is 9.27. The molecule has 14 heavy (non-hydrogen) atoms. The van der Waals surface area contributed by atoms with Crippen molar-refractivity contribution in [3.05, 3.63) is 22.7 Å². The Morgan fingerprint density at radius 1 is 1.50 bits per heavy atom. The van der Waals surface area contributed by atoms with E-state index in [1.54, 1.807) is 0 Å². The average molecular weight is 212 g/mol. The largest absolute Gasteiger partial charge is 0.490 e. The van der Waals surface area contributed by atoms with Crippen LogP contribution in [0.1, 0.15) is 12.5 Å². The summed E-state index contributed by atoms with van der Waals surface area (Å²) >= 11 is 6.30. The van der Waals surface area contributed by atoms with Crippen molar-refractivity contribution >= 4 is 17.3 Å². The van der Waals surface area contributed by atoms with Crippen molar-refractivity contribution in [2.75, 3.05) is 25.1 Å². The lowest BCUT2D eigenvalue weighted by Gasteiger charge is -2.29. The summed E-state index contributed by atoms with van der Waals surface area (Å²) in [5, 5.41) is 0.840. The van der Waals surface area contributed by atoms with Crippen molar-refractivity contribution in [1.82, 2.24) is 0 Å². The van der Waals surface area contributed by atoms with Gasteiger partial charge in [0.1, 0.15) is 12.4 Å². The molecule has 1 aromatic rings. The molecule has 0 aromatic heterocycles. The van der Waals surface area contributed by atoms with Gasteiger partial charge in [-0.2, -0.15) is 0 Å². The third kappa shape index (κ3) is 1.44. The normalized spacial score (nSPS) is 14.9. The van der Waals surface area contributed by atoms with E-state index in [9.17, 15) is 0 Å². The van der Waals surface area contributed by atoms with Crippen molar-refractivity contribution < 1.29 is 4.74 Å². The molecule has 1 aromatic carbocycles. The highest BCUT2D eigenvalue weighted by molar-refractivity contribution is 6.34. The molecule has 0 aliphatic carbocycles. The lowest BCUT2D eigenvalue weighted by molar-refractivity contribution is 0.311. The summed E-state index contributed by atoms with van der Waals surface area (Å²) in [6.45, 7) is 3.75. The highest BCUT2D eigenvalue weighted by Gasteiger charge is 2.19. The van der Waals surface area contributed by atoms with Gasteiger partial charge in [-0.05, 0) is 18.1 Å². The number of fused-ring (bicyclic) bond motifs is 1. The van der Waals surface area contributed by atoms with Gasteiger partial charge in [0, 0.05) is 7.05 Å². The van der Waals surface area contributed by atoms with E-state index in [1.807, 2.05) is 19.2 Å². The Labute approximate surface area is 89.4 Å². The minimum Gasteiger partial charge on any atom is -0.490 e. The molecule has 0 spiro atoms. The van der Waals surface area contributed by atoms with Gasteiger partial charge in [0.15, 0.2) is 0 Å². The molecule has 0 amide bonds. The van der Waals surface area contributed by atoms with Crippen LogP contribution >= 0.6 is 11.6 Å². The van der Waals surface area contributed by atoms with Gasteiger partial charge in [-0.15, -0.1) is 0 Å². The van der Waals surface area contributed by atoms with Crippen molar-refractivity contribution in [3.63, 3.8) is 0 Å². The van der Waals surface area contributed by atoms with Gasteiger partial charge in [0.2, 0.25) is 0 Å². The summed E-state index contributed by atoms with van der Waals surface area (Å²) in [5.41, 5.74) is 2.22. The number of halogens is 1. The Hall–Kier alpha value is -0.890. The van der Waals surface area contributed by atoms with Gasteiger partial charge >= 0.3 is 0 Å². The van der Waals surface area contributed by atoms with Crippen molar-refractivity contribution in [1.29, 1.82) is 0 Å². The minimum atomic E-state index is 0.741. The molecule has 3 heteroatoms. The summed E-state index contributed by atoms with van der Waals surface area (Å²) in [6.07, 6.45) is 0.958. The number of hydrogen-bond donors (Lipinski definition) is 0. The van der Waals surface area contributed by atoms with E-state index < -0.39 is 0 Å². The SMILES string of the molecule is CCc1ccc2c(c1Cl)N(C)CCO2. The molecule has 2 nitrogen and oxygen atoms in total. The van der Waals surface area contributed by atoms with Crippen LogP contribution in [0.15, 0.2) is 12.1 Å². The van der Waals surface area contributed by atoms with Crippen LogP contribution in [0.5, 0.6) is 5.75 Å². The molecule has 1 aliphatic rings. The second-order valence-corrected chi connectivity index (χ2v) is 3.89. The Morgan fingerprint density at radius 2 is 2.29 bits per heavy atom. The van der Waals surface area contributed by atoms with E-state index in [0.717, 1.165) is 36.0 Å². The predicted octanol–water partition coefficient (Wildman–Crippen LogP) is 2.73. The number of ether oxygens (including phenoxy) is 1. The van der Waals surface area contributed by atoms with E-state index in [2.05, 4.69) is 11.8 Å². The quantitative estimate of drug-likeness (QED) is 0.708. The molecule has 0 bridgehead atoms. The molecule has 0 radical (unpaired) electrons. The van der Waals surface area contributed by atoms with Gasteiger partial charge in [0.05, 0.1) is 17.3 Å². The van der Waals surface area contributed by atoms with Crippen molar-refractivity contribution in [3.8, 4) is 5.75 Å². The van der Waals surface area contributed by atoms with Crippen LogP contribution in [-0.2, 0) is 6.42 Å². The molecule has 1 aliphatic heterocycles. The Bertz CT molecular complexity index is 351. The zero-order chi connectivity index (χ0) is 10.1. The van der Waals surface area contributed by atoms with Crippen LogP contribution in [0, 0.1) is 0 Å². The van der Waals surface area contributed by atoms with E-state index >= 15 is 0 Å². The first-order chi connectivity index (χ1) is 6.74. The van der Waals surface area contributed by atoms with Gasteiger partial charge in [-0.25, -0.2) is 0 Å². The van der Waals surface area contributed by atoms with Gasteiger partial charge in [-0.1, -0.05) is 24.6 Å². The minimum absolute atomic E-state index is 0.741. The highest BCUT2D eigenvalue weighted by Crippen LogP contribution is 2.39. The molecular formula is C11H14ClNO. The first-order valence-electron chi connectivity index (χ1n) is 4.89. The summed E-state index contributed by atoms with van der Waals surface area (Å²) in [6, 6.07) is 4.05. The van der Waals surface area contributed by atoms with Gasteiger partial charge in [-0.3, -0.25) is 0 Å². The Balaban J connectivity index is 2.54. The monoisotopic (exact) mass is 211 g/mol. The van der Waals surface area contributed by atoms with E-state index in [4.69, 9.17) is 16.3 Å². The molecule has 1 heterocycles. The van der Waals surface area contributed by atoms with Crippen LogP contribution in [-0.4, -0.2) is 20.2 Å². The van der Waals surface area contributed by atoms with Gasteiger partial charge in [0.25, 0.3) is 0 Å². The fraction of sp³-hybridized carbons (Fsp3) is 0.455. The Kier molecular flexibility index (Phi) is 2.55. The number of anilines is 1. The molecule has 76 valence electrons. The number of rotatable bonds is 1. The van der Waals surface area contributed by atoms with Crippen LogP contribution in [0.2, 0.25) is 5.02 Å². The molecule has 0 saturated heterocycles. The zero-order valence-electron chi connectivity index (χ0n) is 8.51. The lowest BCUT2D eigenvalue weighted by atomic mass is 10.1. The molecule has 0 N–H and O–H groups in total. The molecule has 0 fully saturated rings. The van der Waals surface area contributed by atoms with Crippen LogP contribution in [0.25, 0.3) is 0 Å². The van der Waals surface area contributed by atoms with E-state index in [1.165, 1.54) is 5.56 Å². The summed E-state index contributed by atoms with van der Waals surface area (Å²) in [4.78, 5) is 2.15.